The Bertz CT molecular complexity index is 1560. The lowest BCUT2D eigenvalue weighted by Gasteiger charge is -2.04. The average molecular weight is 469 g/mol. The molecule has 7 heteroatoms. The summed E-state index contributed by atoms with van der Waals surface area (Å²) in [5, 5.41) is 4.12. The van der Waals surface area contributed by atoms with Gasteiger partial charge in [0.25, 0.3) is 5.56 Å². The monoisotopic (exact) mass is 468 g/mol. The number of methoxy groups -OCH3 is 1. The number of rotatable bonds is 7. The van der Waals surface area contributed by atoms with Gasteiger partial charge in [0, 0.05) is 34.9 Å². The molecule has 0 radical (unpaired) electrons. The first-order valence-corrected chi connectivity index (χ1v) is 11.4. The Hall–Kier alpha value is -4.39. The molecule has 0 aliphatic carbocycles. The zero-order valence-corrected chi connectivity index (χ0v) is 19.5. The second kappa shape index (κ2) is 9.46. The highest BCUT2D eigenvalue weighted by Gasteiger charge is 2.19. The van der Waals surface area contributed by atoms with Crippen LogP contribution in [0.15, 0.2) is 88.8 Å². The van der Waals surface area contributed by atoms with E-state index in [1.54, 1.807) is 13.2 Å². The summed E-state index contributed by atoms with van der Waals surface area (Å²) in [5.74, 6) is 0.448. The smallest absolute Gasteiger partial charge is 0.280 e. The molecule has 6 nitrogen and oxygen atoms in total. The molecular weight excluding hydrogens is 443 g/mol. The predicted octanol–water partition coefficient (Wildman–Crippen LogP) is 5.51. The van der Waals surface area contributed by atoms with Gasteiger partial charge in [-0.1, -0.05) is 30.3 Å². The van der Waals surface area contributed by atoms with Gasteiger partial charge < -0.3 is 9.72 Å². The molecule has 2 heterocycles. The lowest BCUT2D eigenvalue weighted by Crippen LogP contribution is -2.19. The third kappa shape index (κ3) is 4.40. The van der Waals surface area contributed by atoms with E-state index in [1.807, 2.05) is 67.7 Å². The van der Waals surface area contributed by atoms with E-state index >= 15 is 0 Å². The molecule has 35 heavy (non-hydrogen) atoms. The van der Waals surface area contributed by atoms with Crippen LogP contribution in [0.1, 0.15) is 18.1 Å². The molecule has 5 aromatic rings. The topological polar surface area (TPSA) is 75.2 Å². The summed E-state index contributed by atoms with van der Waals surface area (Å²) < 4.78 is 20.5. The molecule has 0 spiro atoms. The van der Waals surface area contributed by atoms with Gasteiger partial charge in [-0.25, -0.2) is 9.07 Å². The number of H-pyrrole nitrogens is 2. The van der Waals surface area contributed by atoms with Crippen LogP contribution in [0.25, 0.3) is 27.8 Å². The Morgan fingerprint density at radius 3 is 2.57 bits per heavy atom. The Morgan fingerprint density at radius 2 is 1.83 bits per heavy atom. The lowest BCUT2D eigenvalue weighted by atomic mass is 10.1. The second-order valence-corrected chi connectivity index (χ2v) is 8.29. The summed E-state index contributed by atoms with van der Waals surface area (Å²) in [6.45, 7) is 2.32. The van der Waals surface area contributed by atoms with Crippen LogP contribution in [-0.2, 0) is 6.42 Å². The minimum Gasteiger partial charge on any atom is -0.497 e. The first-order chi connectivity index (χ1) is 17.0. The summed E-state index contributed by atoms with van der Waals surface area (Å²) in [7, 11) is 1.61. The van der Waals surface area contributed by atoms with Gasteiger partial charge >= 0.3 is 0 Å². The molecule has 0 amide bonds. The Morgan fingerprint density at radius 1 is 1.06 bits per heavy atom. The molecule has 0 aliphatic heterocycles. The quantitative estimate of drug-likeness (QED) is 0.309. The Balaban J connectivity index is 1.50. The maximum Gasteiger partial charge on any atom is 0.280 e. The first-order valence-electron chi connectivity index (χ1n) is 11.4. The van der Waals surface area contributed by atoms with E-state index in [9.17, 15) is 9.18 Å². The van der Waals surface area contributed by atoms with E-state index < -0.39 is 0 Å². The van der Waals surface area contributed by atoms with Crippen LogP contribution in [0, 0.1) is 5.82 Å². The maximum absolute atomic E-state index is 13.7. The molecule has 2 aromatic heterocycles. The van der Waals surface area contributed by atoms with Gasteiger partial charge in [0.05, 0.1) is 24.1 Å². The normalized spacial score (nSPS) is 11.8. The number of aromatic amines is 2. The highest BCUT2D eigenvalue weighted by atomic mass is 19.1. The molecule has 0 saturated carbocycles. The fraction of sp³-hybridized carbons (Fsp3) is 0.143. The van der Waals surface area contributed by atoms with Crippen molar-refractivity contribution in [1.82, 2.24) is 14.8 Å². The van der Waals surface area contributed by atoms with Crippen molar-refractivity contribution in [3.63, 3.8) is 0 Å². The zero-order valence-electron chi connectivity index (χ0n) is 19.5. The highest BCUT2D eigenvalue weighted by Crippen LogP contribution is 2.23. The number of benzene rings is 3. The standard InChI is InChI=1S/C28H25FN4O2/c1-18(30-15-14-20-17-31-25-13-8-21(29)16-24(20)25)26-27(19-6-4-3-5-7-19)32-33(28(26)34)22-9-11-23(35-2)12-10-22/h3-13,16-17,31-32H,14-15H2,1-2H3. The van der Waals surface area contributed by atoms with Crippen LogP contribution >= 0.6 is 0 Å². The largest absolute Gasteiger partial charge is 0.497 e. The van der Waals surface area contributed by atoms with Crippen LogP contribution in [0.2, 0.25) is 0 Å². The van der Waals surface area contributed by atoms with E-state index in [-0.39, 0.29) is 11.4 Å². The third-order valence-corrected chi connectivity index (χ3v) is 6.11. The Kier molecular flexibility index (Phi) is 6.06. The van der Waals surface area contributed by atoms with Crippen molar-refractivity contribution in [3.8, 4) is 22.7 Å². The van der Waals surface area contributed by atoms with Crippen LogP contribution in [0.5, 0.6) is 5.75 Å². The number of aromatic nitrogens is 3. The number of hydrogen-bond acceptors (Lipinski definition) is 3. The van der Waals surface area contributed by atoms with Crippen molar-refractivity contribution < 1.29 is 9.13 Å². The van der Waals surface area contributed by atoms with E-state index in [4.69, 9.17) is 9.73 Å². The second-order valence-electron chi connectivity index (χ2n) is 8.29. The van der Waals surface area contributed by atoms with E-state index in [0.717, 1.165) is 22.0 Å². The molecule has 3 aromatic carbocycles. The van der Waals surface area contributed by atoms with Gasteiger partial charge in [-0.2, -0.15) is 0 Å². The fourth-order valence-electron chi connectivity index (χ4n) is 4.28. The van der Waals surface area contributed by atoms with Gasteiger partial charge in [-0.05, 0) is 61.4 Å². The van der Waals surface area contributed by atoms with Crippen molar-refractivity contribution in [2.24, 2.45) is 4.99 Å². The van der Waals surface area contributed by atoms with E-state index in [2.05, 4.69) is 10.1 Å². The number of hydrogen-bond donors (Lipinski definition) is 2. The van der Waals surface area contributed by atoms with Gasteiger partial charge in [-0.3, -0.25) is 14.9 Å². The molecule has 0 atom stereocenters. The molecule has 2 N–H and O–H groups in total. The molecule has 0 unspecified atom stereocenters. The Labute approximate surface area is 201 Å². The fourth-order valence-corrected chi connectivity index (χ4v) is 4.28. The van der Waals surface area contributed by atoms with Crippen LogP contribution in [0.4, 0.5) is 4.39 Å². The maximum atomic E-state index is 13.7. The molecule has 0 aliphatic rings. The van der Waals surface area contributed by atoms with Crippen molar-refractivity contribution in [2.75, 3.05) is 13.7 Å². The average Bonchev–Trinajstić information content (AvgIpc) is 3.45. The van der Waals surface area contributed by atoms with Crippen molar-refractivity contribution in [3.05, 3.63) is 106 Å². The minimum atomic E-state index is -0.267. The lowest BCUT2D eigenvalue weighted by molar-refractivity contribution is 0.414. The number of nitrogens with zero attached hydrogens (tertiary/aromatic N) is 2. The first kappa shape index (κ1) is 22.4. The summed E-state index contributed by atoms with van der Waals surface area (Å²) in [4.78, 5) is 21.4. The number of aliphatic imine (C=N–C) groups is 1. The molecular formula is C28H25FN4O2. The summed E-state index contributed by atoms with van der Waals surface area (Å²) in [5.41, 5.74) is 5.18. The van der Waals surface area contributed by atoms with E-state index in [0.29, 0.717) is 41.4 Å². The molecule has 0 bridgehead atoms. The molecule has 0 fully saturated rings. The van der Waals surface area contributed by atoms with E-state index in [1.165, 1.54) is 16.8 Å². The highest BCUT2D eigenvalue weighted by molar-refractivity contribution is 6.03. The van der Waals surface area contributed by atoms with Crippen molar-refractivity contribution in [1.29, 1.82) is 0 Å². The zero-order chi connectivity index (χ0) is 24.4. The van der Waals surface area contributed by atoms with Crippen LogP contribution in [-0.4, -0.2) is 34.1 Å². The van der Waals surface area contributed by atoms with Gasteiger partial charge in [0.1, 0.15) is 11.6 Å². The summed E-state index contributed by atoms with van der Waals surface area (Å²) in [6, 6.07) is 21.7. The molecule has 176 valence electrons. The van der Waals surface area contributed by atoms with Crippen molar-refractivity contribution in [2.45, 2.75) is 13.3 Å². The van der Waals surface area contributed by atoms with Crippen LogP contribution < -0.4 is 10.3 Å². The summed E-state index contributed by atoms with van der Waals surface area (Å²) >= 11 is 0. The number of ether oxygens (including phenoxy) is 1. The molecule has 5 rings (SSSR count). The summed E-state index contributed by atoms with van der Waals surface area (Å²) in [6.07, 6.45) is 2.51. The van der Waals surface area contributed by atoms with Crippen molar-refractivity contribution >= 4 is 16.6 Å². The SMILES string of the molecule is COc1ccc(-n2[nH]c(-c3ccccc3)c(C(C)=NCCc3c[nH]c4ccc(F)cc34)c2=O)cc1. The number of nitrogens with one attached hydrogen (secondary N) is 2. The minimum absolute atomic E-state index is 0.176. The van der Waals surface area contributed by atoms with Gasteiger partial charge in [-0.15, -0.1) is 0 Å². The van der Waals surface area contributed by atoms with Gasteiger partial charge in [0.15, 0.2) is 0 Å². The molecule has 0 saturated heterocycles. The van der Waals surface area contributed by atoms with Gasteiger partial charge in [0.2, 0.25) is 0 Å². The third-order valence-electron chi connectivity index (χ3n) is 6.11. The number of halogens is 1. The van der Waals surface area contributed by atoms with Crippen LogP contribution in [0.3, 0.4) is 0 Å². The number of fused-ring (bicyclic) bond motifs is 1. The predicted molar refractivity (Wildman–Crippen MR) is 137 cm³/mol.